The van der Waals surface area contributed by atoms with Crippen LogP contribution in [0.15, 0.2) is 29.6 Å². The molecule has 0 bridgehead atoms. The smallest absolute Gasteiger partial charge is 0.222 e. The number of halogens is 1. The van der Waals surface area contributed by atoms with E-state index in [0.29, 0.717) is 18.2 Å². The number of benzene rings is 1. The minimum Gasteiger partial charge on any atom is -0.342 e. The number of hydrogen-bond acceptors (Lipinski definition) is 3. The highest BCUT2D eigenvalue weighted by Crippen LogP contribution is 2.27. The Morgan fingerprint density at radius 3 is 3.00 bits per heavy atom. The van der Waals surface area contributed by atoms with Crippen molar-refractivity contribution in [2.45, 2.75) is 45.1 Å². The normalized spacial score (nSPS) is 19.1. The molecule has 0 radical (unpaired) electrons. The molecule has 1 fully saturated rings. The zero-order valence-corrected chi connectivity index (χ0v) is 15.9. The average Bonchev–Trinajstić information content (AvgIpc) is 2.98. The van der Waals surface area contributed by atoms with Crippen molar-refractivity contribution in [1.29, 1.82) is 0 Å². The molecule has 2 unspecified atom stereocenters. The van der Waals surface area contributed by atoms with E-state index in [2.05, 4.69) is 36.6 Å². The number of likely N-dealkylation sites (tertiary alicyclic amines) is 1. The molecule has 132 valence electrons. The molecule has 1 saturated heterocycles. The maximum absolute atomic E-state index is 12.4. The van der Waals surface area contributed by atoms with E-state index in [9.17, 15) is 4.79 Å². The van der Waals surface area contributed by atoms with E-state index < -0.39 is 0 Å². The van der Waals surface area contributed by atoms with Crippen LogP contribution < -0.4 is 5.73 Å². The minimum atomic E-state index is 0. The summed E-state index contributed by atoms with van der Waals surface area (Å²) in [6, 6.07) is 8.70. The standard InChI is InChI=1S/C19H26N2OS.ClH/c1-14(20)15-7-5-11-21(12-15)19(22)10-4-6-16-13-23-18-9-3-2-8-17(16)18;/h2-3,8-9,13-15H,4-7,10-12,20H2,1H3;1H. The molecule has 0 saturated carbocycles. The number of thiophene rings is 1. The fourth-order valence-electron chi connectivity index (χ4n) is 3.48. The number of piperidine rings is 1. The van der Waals surface area contributed by atoms with Crippen LogP contribution in [0.25, 0.3) is 10.1 Å². The van der Waals surface area contributed by atoms with Crippen molar-refractivity contribution in [1.82, 2.24) is 4.90 Å². The largest absolute Gasteiger partial charge is 0.342 e. The molecular formula is C19H27ClN2OS. The first-order valence-electron chi connectivity index (χ1n) is 8.63. The maximum Gasteiger partial charge on any atom is 0.222 e. The second kappa shape index (κ2) is 8.84. The summed E-state index contributed by atoms with van der Waals surface area (Å²) in [5, 5.41) is 3.59. The zero-order chi connectivity index (χ0) is 16.2. The van der Waals surface area contributed by atoms with Crippen LogP contribution in [0.1, 0.15) is 38.2 Å². The van der Waals surface area contributed by atoms with Gasteiger partial charge in [-0.2, -0.15) is 0 Å². The van der Waals surface area contributed by atoms with Gasteiger partial charge in [0.05, 0.1) is 0 Å². The van der Waals surface area contributed by atoms with Crippen LogP contribution in [0.4, 0.5) is 0 Å². The lowest BCUT2D eigenvalue weighted by Crippen LogP contribution is -2.45. The lowest BCUT2D eigenvalue weighted by Gasteiger charge is -2.34. The summed E-state index contributed by atoms with van der Waals surface area (Å²) in [7, 11) is 0. The first kappa shape index (κ1) is 19.2. The molecule has 24 heavy (non-hydrogen) atoms. The molecule has 1 aromatic carbocycles. The number of aryl methyl sites for hydroxylation is 1. The predicted octanol–water partition coefficient (Wildman–Crippen LogP) is 4.23. The fraction of sp³-hybridized carbons (Fsp3) is 0.526. The van der Waals surface area contributed by atoms with Gasteiger partial charge in [0.1, 0.15) is 0 Å². The van der Waals surface area contributed by atoms with E-state index in [-0.39, 0.29) is 18.4 Å². The summed E-state index contributed by atoms with van der Waals surface area (Å²) in [6.45, 7) is 3.81. The Kier molecular flexibility index (Phi) is 7.08. The molecule has 2 N–H and O–H groups in total. The molecule has 0 spiro atoms. The van der Waals surface area contributed by atoms with Gasteiger partial charge in [0, 0.05) is 30.3 Å². The van der Waals surface area contributed by atoms with Crippen LogP contribution in [-0.2, 0) is 11.2 Å². The van der Waals surface area contributed by atoms with Crippen molar-refractivity contribution < 1.29 is 4.79 Å². The summed E-state index contributed by atoms with van der Waals surface area (Å²) in [4.78, 5) is 14.5. The molecule has 2 aromatic rings. The van der Waals surface area contributed by atoms with Gasteiger partial charge in [0.2, 0.25) is 5.91 Å². The Hall–Kier alpha value is -1.10. The molecule has 2 heterocycles. The van der Waals surface area contributed by atoms with Crippen LogP contribution in [0.3, 0.4) is 0 Å². The third-order valence-corrected chi connectivity index (χ3v) is 5.96. The second-order valence-corrected chi connectivity index (χ2v) is 7.62. The number of nitrogens with two attached hydrogens (primary N) is 1. The highest BCUT2D eigenvalue weighted by atomic mass is 35.5. The van der Waals surface area contributed by atoms with Crippen molar-refractivity contribution >= 4 is 39.7 Å². The topological polar surface area (TPSA) is 46.3 Å². The molecule has 1 amide bonds. The Bertz CT molecular complexity index is 670. The van der Waals surface area contributed by atoms with Gasteiger partial charge in [-0.1, -0.05) is 18.2 Å². The van der Waals surface area contributed by atoms with Gasteiger partial charge < -0.3 is 10.6 Å². The molecule has 3 rings (SSSR count). The van der Waals surface area contributed by atoms with Crippen LogP contribution >= 0.6 is 23.7 Å². The Morgan fingerprint density at radius 2 is 2.21 bits per heavy atom. The van der Waals surface area contributed by atoms with Crippen molar-refractivity contribution in [3.05, 3.63) is 35.2 Å². The van der Waals surface area contributed by atoms with E-state index in [1.165, 1.54) is 15.6 Å². The van der Waals surface area contributed by atoms with E-state index in [4.69, 9.17) is 5.73 Å². The van der Waals surface area contributed by atoms with Crippen molar-refractivity contribution in [3.63, 3.8) is 0 Å². The quantitative estimate of drug-likeness (QED) is 0.860. The van der Waals surface area contributed by atoms with E-state index in [1.54, 1.807) is 11.3 Å². The highest BCUT2D eigenvalue weighted by molar-refractivity contribution is 7.17. The van der Waals surface area contributed by atoms with Gasteiger partial charge in [-0.3, -0.25) is 4.79 Å². The lowest BCUT2D eigenvalue weighted by molar-refractivity contribution is -0.133. The van der Waals surface area contributed by atoms with Crippen LogP contribution in [-0.4, -0.2) is 29.9 Å². The zero-order valence-electron chi connectivity index (χ0n) is 14.2. The fourth-order valence-corrected chi connectivity index (χ4v) is 4.48. The van der Waals surface area contributed by atoms with Crippen LogP contribution in [0.5, 0.6) is 0 Å². The summed E-state index contributed by atoms with van der Waals surface area (Å²) < 4.78 is 1.34. The number of fused-ring (bicyclic) bond motifs is 1. The SMILES string of the molecule is CC(N)C1CCCN(C(=O)CCCc2csc3ccccc23)C1.Cl. The van der Waals surface area contributed by atoms with Crippen LogP contribution in [0, 0.1) is 5.92 Å². The number of carbonyl (C=O) groups excluding carboxylic acids is 1. The van der Waals surface area contributed by atoms with Gasteiger partial charge in [0.25, 0.3) is 0 Å². The summed E-state index contributed by atoms with van der Waals surface area (Å²) in [5.74, 6) is 0.767. The highest BCUT2D eigenvalue weighted by Gasteiger charge is 2.25. The molecular weight excluding hydrogens is 340 g/mol. The van der Waals surface area contributed by atoms with E-state index in [0.717, 1.165) is 38.8 Å². The van der Waals surface area contributed by atoms with Gasteiger partial charge in [-0.05, 0) is 60.9 Å². The number of carbonyl (C=O) groups is 1. The number of amides is 1. The van der Waals surface area contributed by atoms with Crippen molar-refractivity contribution in [3.8, 4) is 0 Å². The van der Waals surface area contributed by atoms with E-state index in [1.807, 2.05) is 4.90 Å². The monoisotopic (exact) mass is 366 g/mol. The summed E-state index contributed by atoms with van der Waals surface area (Å²) in [6.07, 6.45) is 4.81. The molecule has 1 aliphatic rings. The van der Waals surface area contributed by atoms with E-state index >= 15 is 0 Å². The first-order chi connectivity index (χ1) is 11.1. The minimum absolute atomic E-state index is 0. The predicted molar refractivity (Wildman–Crippen MR) is 105 cm³/mol. The molecule has 1 aromatic heterocycles. The third-order valence-electron chi connectivity index (χ3n) is 4.95. The summed E-state index contributed by atoms with van der Waals surface area (Å²) >= 11 is 1.80. The number of nitrogens with zero attached hydrogens (tertiary/aromatic N) is 1. The number of rotatable bonds is 5. The van der Waals surface area contributed by atoms with Crippen molar-refractivity contribution in [2.75, 3.05) is 13.1 Å². The van der Waals surface area contributed by atoms with Gasteiger partial charge in [-0.25, -0.2) is 0 Å². The van der Waals surface area contributed by atoms with Gasteiger partial charge in [-0.15, -0.1) is 23.7 Å². The first-order valence-corrected chi connectivity index (χ1v) is 9.51. The second-order valence-electron chi connectivity index (χ2n) is 6.71. The maximum atomic E-state index is 12.4. The Morgan fingerprint density at radius 1 is 1.42 bits per heavy atom. The third kappa shape index (κ3) is 4.50. The van der Waals surface area contributed by atoms with Crippen LogP contribution in [0.2, 0.25) is 0 Å². The van der Waals surface area contributed by atoms with Gasteiger partial charge >= 0.3 is 0 Å². The number of hydrogen-bond donors (Lipinski definition) is 1. The summed E-state index contributed by atoms with van der Waals surface area (Å²) in [5.41, 5.74) is 7.39. The lowest BCUT2D eigenvalue weighted by atomic mass is 9.92. The molecule has 0 aliphatic carbocycles. The average molecular weight is 367 g/mol. The van der Waals surface area contributed by atoms with Gasteiger partial charge in [0.15, 0.2) is 0 Å². The van der Waals surface area contributed by atoms with Crippen molar-refractivity contribution in [2.24, 2.45) is 11.7 Å². The molecule has 2 atom stereocenters. The Balaban J connectivity index is 0.00000208. The Labute approximate surface area is 154 Å². The molecule has 5 heteroatoms. The molecule has 1 aliphatic heterocycles. The molecule has 3 nitrogen and oxygen atoms in total.